The molecule has 0 atom stereocenters. The molecule has 0 aromatic heterocycles. The minimum Gasteiger partial charge on any atom is -0.488 e. The third-order valence-corrected chi connectivity index (χ3v) is 5.55. The van der Waals surface area contributed by atoms with Crippen LogP contribution in [0.1, 0.15) is 11.1 Å². The van der Waals surface area contributed by atoms with Crippen LogP contribution in [0.5, 0.6) is 5.75 Å². The van der Waals surface area contributed by atoms with E-state index in [2.05, 4.69) is 21.2 Å². The van der Waals surface area contributed by atoms with E-state index in [0.29, 0.717) is 36.5 Å². The molecule has 0 spiro atoms. The third-order valence-electron chi connectivity index (χ3n) is 4.11. The molecular formula is C23H14BrCl3N2O2. The maximum atomic E-state index is 12.4. The molecule has 3 aromatic carbocycles. The molecule has 0 fully saturated rings. The van der Waals surface area contributed by atoms with Crippen LogP contribution in [0.25, 0.3) is 6.08 Å². The topological polar surface area (TPSA) is 62.1 Å². The Bertz CT molecular complexity index is 1210. The van der Waals surface area contributed by atoms with E-state index in [1.807, 2.05) is 6.07 Å². The highest BCUT2D eigenvalue weighted by atomic mass is 79.9. The van der Waals surface area contributed by atoms with Crippen LogP contribution in [0.3, 0.4) is 0 Å². The zero-order chi connectivity index (χ0) is 22.4. The van der Waals surface area contributed by atoms with Crippen molar-refractivity contribution >= 4 is 68.4 Å². The van der Waals surface area contributed by atoms with E-state index in [4.69, 9.17) is 39.5 Å². The molecule has 1 N–H and O–H groups in total. The number of nitrogens with zero attached hydrogens (tertiary/aromatic N) is 1. The Morgan fingerprint density at radius 3 is 2.52 bits per heavy atom. The number of carbonyl (C=O) groups is 1. The first-order valence-corrected chi connectivity index (χ1v) is 10.8. The average Bonchev–Trinajstić information content (AvgIpc) is 2.72. The van der Waals surface area contributed by atoms with Crippen molar-refractivity contribution in [2.75, 3.05) is 5.32 Å². The normalized spacial score (nSPS) is 11.0. The lowest BCUT2D eigenvalue weighted by atomic mass is 10.1. The molecule has 3 aromatic rings. The Balaban J connectivity index is 1.72. The van der Waals surface area contributed by atoms with Gasteiger partial charge in [-0.15, -0.1) is 0 Å². The molecule has 0 aliphatic rings. The first-order chi connectivity index (χ1) is 14.9. The van der Waals surface area contributed by atoms with Crippen molar-refractivity contribution in [1.82, 2.24) is 0 Å². The molecular weight excluding hydrogens is 523 g/mol. The zero-order valence-electron chi connectivity index (χ0n) is 15.8. The predicted octanol–water partition coefficient (Wildman–Crippen LogP) is 7.53. The van der Waals surface area contributed by atoms with Crippen LogP contribution < -0.4 is 10.1 Å². The maximum Gasteiger partial charge on any atom is 0.266 e. The van der Waals surface area contributed by atoms with Gasteiger partial charge in [-0.3, -0.25) is 4.79 Å². The number of ether oxygens (including phenoxy) is 1. The Kier molecular flexibility index (Phi) is 8.00. The summed E-state index contributed by atoms with van der Waals surface area (Å²) < 4.78 is 6.48. The van der Waals surface area contributed by atoms with Crippen molar-refractivity contribution in [3.05, 3.63) is 96.9 Å². The number of anilines is 1. The van der Waals surface area contributed by atoms with Gasteiger partial charge in [-0.2, -0.15) is 5.26 Å². The number of nitriles is 1. The van der Waals surface area contributed by atoms with Crippen molar-refractivity contribution in [2.24, 2.45) is 0 Å². The van der Waals surface area contributed by atoms with E-state index in [0.717, 1.165) is 5.56 Å². The van der Waals surface area contributed by atoms with E-state index < -0.39 is 5.91 Å². The standard InChI is InChI=1S/C23H14BrCl3N2O2/c24-20-9-14(4-7-22(20)31-13-15-5-6-18(26)11-21(15)27)8-16(12-28)23(30)29-19-3-1-2-17(25)10-19/h1-11H,13H2,(H,29,30)/b16-8+. The molecule has 0 saturated carbocycles. The van der Waals surface area contributed by atoms with Crippen LogP contribution in [0.2, 0.25) is 15.1 Å². The lowest BCUT2D eigenvalue weighted by molar-refractivity contribution is -0.112. The molecule has 4 nitrogen and oxygen atoms in total. The van der Waals surface area contributed by atoms with Crippen molar-refractivity contribution in [1.29, 1.82) is 5.26 Å². The fourth-order valence-corrected chi connectivity index (χ4v) is 3.76. The van der Waals surface area contributed by atoms with E-state index in [-0.39, 0.29) is 12.2 Å². The van der Waals surface area contributed by atoms with Gasteiger partial charge < -0.3 is 10.1 Å². The van der Waals surface area contributed by atoms with Crippen molar-refractivity contribution < 1.29 is 9.53 Å². The number of hydrogen-bond donors (Lipinski definition) is 1. The summed E-state index contributed by atoms with van der Waals surface area (Å²) in [6, 6.07) is 19.0. The zero-order valence-corrected chi connectivity index (χ0v) is 19.7. The Morgan fingerprint density at radius 1 is 1.06 bits per heavy atom. The quantitative estimate of drug-likeness (QED) is 0.262. The van der Waals surface area contributed by atoms with E-state index >= 15 is 0 Å². The van der Waals surface area contributed by atoms with Crippen LogP contribution in [-0.2, 0) is 11.4 Å². The lowest BCUT2D eigenvalue weighted by Crippen LogP contribution is -2.13. The largest absolute Gasteiger partial charge is 0.488 e. The van der Waals surface area contributed by atoms with Gasteiger partial charge in [0.25, 0.3) is 5.91 Å². The van der Waals surface area contributed by atoms with Gasteiger partial charge in [0.15, 0.2) is 0 Å². The van der Waals surface area contributed by atoms with Crippen LogP contribution in [0.4, 0.5) is 5.69 Å². The molecule has 0 radical (unpaired) electrons. The number of amides is 1. The lowest BCUT2D eigenvalue weighted by Gasteiger charge is -2.10. The molecule has 0 unspecified atom stereocenters. The average molecular weight is 537 g/mol. The van der Waals surface area contributed by atoms with Crippen LogP contribution in [-0.4, -0.2) is 5.91 Å². The minimum atomic E-state index is -0.529. The van der Waals surface area contributed by atoms with Gasteiger partial charge in [0.2, 0.25) is 0 Å². The van der Waals surface area contributed by atoms with Crippen molar-refractivity contribution in [3.8, 4) is 11.8 Å². The van der Waals surface area contributed by atoms with Gasteiger partial charge in [0, 0.05) is 26.3 Å². The highest BCUT2D eigenvalue weighted by molar-refractivity contribution is 9.10. The van der Waals surface area contributed by atoms with E-state index in [9.17, 15) is 10.1 Å². The van der Waals surface area contributed by atoms with Gasteiger partial charge >= 0.3 is 0 Å². The summed E-state index contributed by atoms with van der Waals surface area (Å²) >= 11 is 21.5. The summed E-state index contributed by atoms with van der Waals surface area (Å²) in [7, 11) is 0. The number of rotatable bonds is 6. The summed E-state index contributed by atoms with van der Waals surface area (Å²) in [5, 5.41) is 13.6. The second-order valence-corrected chi connectivity index (χ2v) is 8.48. The number of carbonyl (C=O) groups excluding carboxylic acids is 1. The monoisotopic (exact) mass is 534 g/mol. The third kappa shape index (κ3) is 6.49. The highest BCUT2D eigenvalue weighted by Gasteiger charge is 2.11. The van der Waals surface area contributed by atoms with Gasteiger partial charge in [-0.05, 0) is 70.0 Å². The molecule has 1 amide bonds. The molecule has 0 saturated heterocycles. The maximum absolute atomic E-state index is 12.4. The van der Waals surface area contributed by atoms with Crippen molar-refractivity contribution in [2.45, 2.75) is 6.61 Å². The molecule has 0 aliphatic carbocycles. The molecule has 0 heterocycles. The van der Waals surface area contributed by atoms with Crippen molar-refractivity contribution in [3.63, 3.8) is 0 Å². The number of benzene rings is 3. The molecule has 31 heavy (non-hydrogen) atoms. The first-order valence-electron chi connectivity index (χ1n) is 8.90. The first kappa shape index (κ1) is 23.2. The van der Waals surface area contributed by atoms with Gasteiger partial charge in [0.05, 0.1) is 4.47 Å². The molecule has 156 valence electrons. The molecule has 8 heteroatoms. The second-order valence-electron chi connectivity index (χ2n) is 6.35. The Morgan fingerprint density at radius 2 is 1.84 bits per heavy atom. The number of nitrogens with one attached hydrogen (secondary N) is 1. The van der Waals surface area contributed by atoms with Crippen LogP contribution in [0.15, 0.2) is 70.7 Å². The van der Waals surface area contributed by atoms with Crippen LogP contribution >= 0.6 is 50.7 Å². The fraction of sp³-hybridized carbons (Fsp3) is 0.0435. The fourth-order valence-electron chi connectivity index (χ4n) is 2.60. The van der Waals surface area contributed by atoms with Crippen LogP contribution in [0, 0.1) is 11.3 Å². The smallest absolute Gasteiger partial charge is 0.266 e. The van der Waals surface area contributed by atoms with Gasteiger partial charge in [-0.25, -0.2) is 0 Å². The highest BCUT2D eigenvalue weighted by Crippen LogP contribution is 2.29. The Hall–Kier alpha value is -2.49. The molecule has 3 rings (SSSR count). The summed E-state index contributed by atoms with van der Waals surface area (Å²) in [6.45, 7) is 0.259. The van der Waals surface area contributed by atoms with Gasteiger partial charge in [-0.1, -0.05) is 53.0 Å². The SMILES string of the molecule is N#C/C(=C\c1ccc(OCc2ccc(Cl)cc2Cl)c(Br)c1)C(=O)Nc1cccc(Cl)c1. The van der Waals surface area contributed by atoms with E-state index in [1.54, 1.807) is 60.7 Å². The number of halogens is 4. The van der Waals surface area contributed by atoms with E-state index in [1.165, 1.54) is 6.08 Å². The second kappa shape index (κ2) is 10.7. The summed E-state index contributed by atoms with van der Waals surface area (Å²) in [5.41, 5.74) is 1.91. The predicted molar refractivity (Wildman–Crippen MR) is 129 cm³/mol. The summed E-state index contributed by atoms with van der Waals surface area (Å²) in [6.07, 6.45) is 1.49. The summed E-state index contributed by atoms with van der Waals surface area (Å²) in [5.74, 6) is 0.0589. The molecule has 0 bridgehead atoms. The Labute approximate surface area is 203 Å². The number of hydrogen-bond acceptors (Lipinski definition) is 3. The minimum absolute atomic E-state index is 0.0477. The van der Waals surface area contributed by atoms with Gasteiger partial charge in [0.1, 0.15) is 24.0 Å². The summed E-state index contributed by atoms with van der Waals surface area (Å²) in [4.78, 5) is 12.4. The molecule has 0 aliphatic heterocycles.